The molecule has 3 aliphatic rings. The summed E-state index contributed by atoms with van der Waals surface area (Å²) in [6.07, 6.45) is 3.32. The largest absolute Gasteiger partial charge is 0.497 e. The minimum absolute atomic E-state index is 0.00281. The number of carbonyl (C=O) groups excluding carboxylic acids is 1. The Labute approximate surface area is 161 Å². The third-order valence-electron chi connectivity index (χ3n) is 7.60. The lowest BCUT2D eigenvalue weighted by Gasteiger charge is -2.53. The van der Waals surface area contributed by atoms with Gasteiger partial charge >= 0.3 is 0 Å². The van der Waals surface area contributed by atoms with Crippen LogP contribution in [0.1, 0.15) is 51.7 Å². The molecular formula is C22H31NO4. The highest BCUT2D eigenvalue weighted by molar-refractivity contribution is 5.73. The van der Waals surface area contributed by atoms with E-state index >= 15 is 0 Å². The van der Waals surface area contributed by atoms with E-state index in [0.717, 1.165) is 36.5 Å². The summed E-state index contributed by atoms with van der Waals surface area (Å²) in [4.78, 5) is 12.0. The maximum absolute atomic E-state index is 12.0. The molecule has 2 aliphatic carbocycles. The van der Waals surface area contributed by atoms with Crippen molar-refractivity contribution in [3.63, 3.8) is 0 Å². The summed E-state index contributed by atoms with van der Waals surface area (Å²) in [6, 6.07) is 6.18. The number of rotatable bonds is 4. The number of fused-ring (bicyclic) bond motifs is 1. The van der Waals surface area contributed by atoms with Crippen LogP contribution in [-0.4, -0.2) is 32.8 Å². The Morgan fingerprint density at radius 1 is 1.26 bits per heavy atom. The molecule has 1 spiro atoms. The zero-order valence-corrected chi connectivity index (χ0v) is 17.0. The molecule has 4 rings (SSSR count). The molecule has 0 unspecified atom stereocenters. The maximum atomic E-state index is 12.0. The fraction of sp³-hybridized carbons (Fsp3) is 0.682. The highest BCUT2D eigenvalue weighted by Gasteiger charge is 2.68. The van der Waals surface area contributed by atoms with Gasteiger partial charge in [-0.05, 0) is 54.1 Å². The molecule has 5 atom stereocenters. The van der Waals surface area contributed by atoms with Crippen LogP contribution in [0.2, 0.25) is 0 Å². The molecule has 1 amide bonds. The average Bonchev–Trinajstić information content (AvgIpc) is 3.13. The Kier molecular flexibility index (Phi) is 4.41. The fourth-order valence-electron chi connectivity index (χ4n) is 6.35. The van der Waals surface area contributed by atoms with Crippen LogP contribution >= 0.6 is 0 Å². The molecule has 5 nitrogen and oxygen atoms in total. The molecule has 2 bridgehead atoms. The van der Waals surface area contributed by atoms with Crippen molar-refractivity contribution < 1.29 is 19.0 Å². The number of nitrogens with one attached hydrogen (secondary N) is 1. The lowest BCUT2D eigenvalue weighted by molar-refractivity contribution is -0.136. The van der Waals surface area contributed by atoms with E-state index in [0.29, 0.717) is 11.8 Å². The van der Waals surface area contributed by atoms with Crippen molar-refractivity contribution in [3.05, 3.63) is 23.8 Å². The van der Waals surface area contributed by atoms with Crippen molar-refractivity contribution in [2.45, 2.75) is 52.2 Å². The summed E-state index contributed by atoms with van der Waals surface area (Å²) in [5.74, 6) is 2.66. The van der Waals surface area contributed by atoms with E-state index in [1.807, 2.05) is 12.1 Å². The van der Waals surface area contributed by atoms with Crippen molar-refractivity contribution >= 4 is 5.91 Å². The summed E-state index contributed by atoms with van der Waals surface area (Å²) < 4.78 is 17.4. The molecule has 0 aromatic heterocycles. The molecule has 1 heterocycles. The van der Waals surface area contributed by atoms with E-state index in [2.05, 4.69) is 25.2 Å². The van der Waals surface area contributed by atoms with E-state index in [1.54, 1.807) is 21.1 Å². The summed E-state index contributed by atoms with van der Waals surface area (Å²) in [5, 5.41) is 3.33. The minimum Gasteiger partial charge on any atom is -0.497 e. The van der Waals surface area contributed by atoms with Gasteiger partial charge in [0.1, 0.15) is 11.5 Å². The van der Waals surface area contributed by atoms with Gasteiger partial charge in [0.05, 0.1) is 20.3 Å². The second-order valence-corrected chi connectivity index (χ2v) is 9.08. The Morgan fingerprint density at radius 3 is 2.70 bits per heavy atom. The van der Waals surface area contributed by atoms with Gasteiger partial charge in [-0.2, -0.15) is 0 Å². The second kappa shape index (κ2) is 6.40. The Hall–Kier alpha value is -1.75. The smallest absolute Gasteiger partial charge is 0.217 e. The van der Waals surface area contributed by atoms with Crippen molar-refractivity contribution in [2.24, 2.45) is 22.7 Å². The molecule has 1 aromatic rings. The van der Waals surface area contributed by atoms with Crippen molar-refractivity contribution in [1.29, 1.82) is 0 Å². The van der Waals surface area contributed by atoms with Crippen LogP contribution in [-0.2, 0) is 9.53 Å². The number of hydrogen-bond acceptors (Lipinski definition) is 4. The third-order valence-corrected chi connectivity index (χ3v) is 7.60. The molecule has 3 fully saturated rings. The highest BCUT2D eigenvalue weighted by atomic mass is 16.5. The monoisotopic (exact) mass is 373 g/mol. The van der Waals surface area contributed by atoms with Gasteiger partial charge in [-0.15, -0.1) is 0 Å². The highest BCUT2D eigenvalue weighted by Crippen LogP contribution is 2.70. The number of hydrogen-bond donors (Lipinski definition) is 1. The summed E-state index contributed by atoms with van der Waals surface area (Å²) >= 11 is 0. The summed E-state index contributed by atoms with van der Waals surface area (Å²) in [6.45, 7) is 7.00. The maximum Gasteiger partial charge on any atom is 0.217 e. The van der Waals surface area contributed by atoms with Crippen LogP contribution in [0, 0.1) is 22.7 Å². The van der Waals surface area contributed by atoms with E-state index < -0.39 is 0 Å². The molecule has 27 heavy (non-hydrogen) atoms. The number of carbonyl (C=O) groups is 1. The van der Waals surface area contributed by atoms with Crippen LogP contribution in [0.15, 0.2) is 18.2 Å². The van der Waals surface area contributed by atoms with E-state index in [1.165, 1.54) is 6.42 Å². The lowest BCUT2D eigenvalue weighted by atomic mass is 9.58. The number of methoxy groups -OCH3 is 2. The molecule has 148 valence electrons. The fourth-order valence-corrected chi connectivity index (χ4v) is 6.35. The Morgan fingerprint density at radius 2 is 2.04 bits per heavy atom. The first-order chi connectivity index (χ1) is 12.8. The van der Waals surface area contributed by atoms with Crippen molar-refractivity contribution in [1.82, 2.24) is 5.32 Å². The number of ether oxygens (including phenoxy) is 3. The van der Waals surface area contributed by atoms with Gasteiger partial charge in [0.2, 0.25) is 5.91 Å². The van der Waals surface area contributed by atoms with E-state index in [-0.39, 0.29) is 28.9 Å². The molecule has 1 aromatic carbocycles. The van der Waals surface area contributed by atoms with Gasteiger partial charge in [0.15, 0.2) is 0 Å². The summed E-state index contributed by atoms with van der Waals surface area (Å²) in [5.41, 5.74) is 1.32. The van der Waals surface area contributed by atoms with Crippen molar-refractivity contribution in [3.8, 4) is 11.5 Å². The molecule has 0 radical (unpaired) electrons. The first-order valence-corrected chi connectivity index (χ1v) is 9.94. The topological polar surface area (TPSA) is 56.8 Å². The average molecular weight is 373 g/mol. The second-order valence-electron chi connectivity index (χ2n) is 9.08. The normalized spacial score (nSPS) is 36.2. The lowest BCUT2D eigenvalue weighted by Crippen LogP contribution is -2.58. The zero-order chi connectivity index (χ0) is 19.4. The van der Waals surface area contributed by atoms with E-state index in [9.17, 15) is 4.79 Å². The molecule has 2 saturated carbocycles. The van der Waals surface area contributed by atoms with Crippen molar-refractivity contribution in [2.75, 3.05) is 20.8 Å². The van der Waals surface area contributed by atoms with Crippen LogP contribution in [0.3, 0.4) is 0 Å². The van der Waals surface area contributed by atoms with Gasteiger partial charge < -0.3 is 19.5 Å². The molecule has 5 heteroatoms. The van der Waals surface area contributed by atoms with Crippen LogP contribution < -0.4 is 14.8 Å². The SMILES string of the molecule is COc1ccc([C@H]2OCC[C@@]34C[C@@H](C[C@H]23)C(C)(C)[C@@H]4NC(C)=O)c(OC)c1. The predicted molar refractivity (Wildman–Crippen MR) is 103 cm³/mol. The Bertz CT molecular complexity index is 746. The first kappa shape index (κ1) is 18.6. The molecule has 1 aliphatic heterocycles. The van der Waals surface area contributed by atoms with E-state index in [4.69, 9.17) is 14.2 Å². The van der Waals surface area contributed by atoms with Gasteiger partial charge in [-0.3, -0.25) is 4.79 Å². The van der Waals surface area contributed by atoms with Crippen LogP contribution in [0.4, 0.5) is 0 Å². The quantitative estimate of drug-likeness (QED) is 0.874. The van der Waals surface area contributed by atoms with Gasteiger partial charge in [-0.1, -0.05) is 13.8 Å². The Balaban J connectivity index is 1.73. The zero-order valence-electron chi connectivity index (χ0n) is 17.0. The van der Waals surface area contributed by atoms with Gasteiger partial charge in [0.25, 0.3) is 0 Å². The molecule has 1 saturated heterocycles. The standard InChI is InChI=1S/C22H31NO4/c1-13(24)23-20-21(2,3)14-10-17-19(27-9-8-22(17,20)12-14)16-7-6-15(25-4)11-18(16)26-5/h6-7,11,14,17,19-20H,8-10,12H2,1-5H3,(H,23,24)/t14-,17-,19-,20+,22-/m1/s1. The first-order valence-electron chi connectivity index (χ1n) is 9.94. The van der Waals surface area contributed by atoms with Crippen LogP contribution in [0.25, 0.3) is 0 Å². The van der Waals surface area contributed by atoms with Crippen LogP contribution in [0.5, 0.6) is 11.5 Å². The molecular weight excluding hydrogens is 342 g/mol. The van der Waals surface area contributed by atoms with Gasteiger partial charge in [0, 0.05) is 31.2 Å². The molecule has 1 N–H and O–H groups in total. The number of amides is 1. The summed E-state index contributed by atoms with van der Waals surface area (Å²) in [7, 11) is 3.36. The predicted octanol–water partition coefficient (Wildman–Crippen LogP) is 3.72. The third kappa shape index (κ3) is 2.65. The number of benzene rings is 1. The van der Waals surface area contributed by atoms with Gasteiger partial charge in [-0.25, -0.2) is 0 Å². The minimum atomic E-state index is -0.00281.